The number of hydrogen-bond acceptors (Lipinski definition) is 4. The van der Waals surface area contributed by atoms with E-state index in [-0.39, 0.29) is 23.2 Å². The maximum absolute atomic E-state index is 12.5. The van der Waals surface area contributed by atoms with Crippen LogP contribution in [0, 0.1) is 5.92 Å². The molecular formula is C12H20N2O3S. The molecule has 0 spiro atoms. The third kappa shape index (κ3) is 2.49. The molecule has 3 N–H and O–H groups in total. The van der Waals surface area contributed by atoms with Crippen LogP contribution in [-0.2, 0) is 9.59 Å². The minimum atomic E-state index is -0.912. The number of nitrogens with two attached hydrogens (primary N) is 1. The summed E-state index contributed by atoms with van der Waals surface area (Å²) in [6, 6.07) is -0.801. The highest BCUT2D eigenvalue weighted by Gasteiger charge is 2.43. The van der Waals surface area contributed by atoms with Crippen molar-refractivity contribution in [2.75, 3.05) is 5.75 Å². The lowest BCUT2D eigenvalue weighted by Gasteiger charge is -2.34. The number of carboxylic acids is 1. The Morgan fingerprint density at radius 3 is 2.61 bits per heavy atom. The highest BCUT2D eigenvalue weighted by molar-refractivity contribution is 8.00. The second kappa shape index (κ2) is 5.48. The summed E-state index contributed by atoms with van der Waals surface area (Å²) in [6.07, 6.45) is 3.73. The van der Waals surface area contributed by atoms with Crippen molar-refractivity contribution in [1.29, 1.82) is 0 Å². The molecule has 1 aliphatic carbocycles. The third-order valence-corrected chi connectivity index (χ3v) is 5.12. The molecule has 0 aromatic heterocycles. The average molecular weight is 272 g/mol. The van der Waals surface area contributed by atoms with Crippen LogP contribution in [0.15, 0.2) is 0 Å². The van der Waals surface area contributed by atoms with Crippen LogP contribution < -0.4 is 5.73 Å². The number of carbonyl (C=O) groups excluding carboxylic acids is 1. The molecule has 102 valence electrons. The van der Waals surface area contributed by atoms with Crippen molar-refractivity contribution >= 4 is 23.6 Å². The van der Waals surface area contributed by atoms with Crippen LogP contribution in [0.1, 0.15) is 32.6 Å². The average Bonchev–Trinajstić information content (AvgIpc) is 2.71. The smallest absolute Gasteiger partial charge is 0.327 e. The van der Waals surface area contributed by atoms with Crippen molar-refractivity contribution in [3.8, 4) is 0 Å². The van der Waals surface area contributed by atoms with Crippen molar-refractivity contribution < 1.29 is 14.7 Å². The number of carbonyl (C=O) groups is 2. The van der Waals surface area contributed by atoms with Gasteiger partial charge in [-0.1, -0.05) is 12.8 Å². The lowest BCUT2D eigenvalue weighted by atomic mass is 9.84. The molecule has 0 radical (unpaired) electrons. The summed E-state index contributed by atoms with van der Waals surface area (Å²) in [6.45, 7) is 1.89. The van der Waals surface area contributed by atoms with Crippen molar-refractivity contribution in [3.63, 3.8) is 0 Å². The van der Waals surface area contributed by atoms with E-state index in [4.69, 9.17) is 5.73 Å². The molecule has 6 heteroatoms. The Balaban J connectivity index is 2.13. The van der Waals surface area contributed by atoms with Crippen LogP contribution >= 0.6 is 11.8 Å². The van der Waals surface area contributed by atoms with Gasteiger partial charge in [0.05, 0.1) is 11.3 Å². The van der Waals surface area contributed by atoms with Crippen molar-refractivity contribution in [2.24, 2.45) is 11.7 Å². The molecule has 1 saturated heterocycles. The minimum Gasteiger partial charge on any atom is -0.480 e. The van der Waals surface area contributed by atoms with E-state index in [0.717, 1.165) is 25.7 Å². The van der Waals surface area contributed by atoms with E-state index in [9.17, 15) is 14.7 Å². The first-order valence-corrected chi connectivity index (χ1v) is 7.49. The number of hydrogen-bond donors (Lipinski definition) is 2. The molecule has 18 heavy (non-hydrogen) atoms. The van der Waals surface area contributed by atoms with Gasteiger partial charge in [0.2, 0.25) is 5.91 Å². The van der Waals surface area contributed by atoms with Gasteiger partial charge < -0.3 is 15.7 Å². The fraction of sp³-hybridized carbons (Fsp3) is 0.833. The molecule has 4 atom stereocenters. The summed E-state index contributed by atoms with van der Waals surface area (Å²) < 4.78 is 0. The molecule has 5 nitrogen and oxygen atoms in total. The summed E-state index contributed by atoms with van der Waals surface area (Å²) in [5.41, 5.74) is 6.01. The van der Waals surface area contributed by atoms with Crippen molar-refractivity contribution in [1.82, 2.24) is 4.90 Å². The van der Waals surface area contributed by atoms with Gasteiger partial charge in [0.1, 0.15) is 6.04 Å². The highest BCUT2D eigenvalue weighted by Crippen LogP contribution is 2.33. The predicted octanol–water partition coefficient (Wildman–Crippen LogP) is 0.878. The lowest BCUT2D eigenvalue weighted by Crippen LogP contribution is -2.51. The van der Waals surface area contributed by atoms with Crippen molar-refractivity contribution in [3.05, 3.63) is 0 Å². The Labute approximate surface area is 111 Å². The van der Waals surface area contributed by atoms with Gasteiger partial charge in [-0.25, -0.2) is 4.79 Å². The molecule has 2 aliphatic rings. The minimum absolute atomic E-state index is 0.0623. The molecule has 0 aromatic carbocycles. The lowest BCUT2D eigenvalue weighted by molar-refractivity contribution is -0.151. The van der Waals surface area contributed by atoms with E-state index in [1.807, 2.05) is 6.92 Å². The molecule has 2 fully saturated rings. The number of carboxylic acid groups (broad SMARTS) is 1. The molecule has 1 amide bonds. The number of thioether (sulfide) groups is 1. The van der Waals surface area contributed by atoms with E-state index in [2.05, 4.69) is 0 Å². The van der Waals surface area contributed by atoms with Gasteiger partial charge in [0.25, 0.3) is 0 Å². The Kier molecular flexibility index (Phi) is 4.17. The zero-order valence-electron chi connectivity index (χ0n) is 10.5. The third-order valence-electron chi connectivity index (χ3n) is 3.90. The van der Waals surface area contributed by atoms with Gasteiger partial charge >= 0.3 is 5.97 Å². The predicted molar refractivity (Wildman–Crippen MR) is 70.1 cm³/mol. The Morgan fingerprint density at radius 1 is 1.33 bits per heavy atom. The van der Waals surface area contributed by atoms with Gasteiger partial charge in [-0.05, 0) is 19.8 Å². The fourth-order valence-electron chi connectivity index (χ4n) is 2.83. The quantitative estimate of drug-likeness (QED) is 0.779. The SMILES string of the molecule is CC1SCC(C(=O)O)N1C(=O)C1CCCCC1N. The first-order chi connectivity index (χ1) is 8.52. The first kappa shape index (κ1) is 13.7. The number of aliphatic carboxylic acids is 1. The van der Waals surface area contributed by atoms with Crippen LogP contribution in [0.4, 0.5) is 0 Å². The first-order valence-electron chi connectivity index (χ1n) is 6.44. The Bertz CT molecular complexity index is 350. The topological polar surface area (TPSA) is 83.6 Å². The summed E-state index contributed by atoms with van der Waals surface area (Å²) in [7, 11) is 0. The molecule has 2 rings (SSSR count). The van der Waals surface area contributed by atoms with Crippen LogP contribution in [0.2, 0.25) is 0 Å². The molecule has 1 aliphatic heterocycles. The highest BCUT2D eigenvalue weighted by atomic mass is 32.2. The van der Waals surface area contributed by atoms with E-state index in [0.29, 0.717) is 5.75 Å². The van der Waals surface area contributed by atoms with Crippen molar-refractivity contribution in [2.45, 2.75) is 50.1 Å². The standard InChI is InChI=1S/C12H20N2O3S/c1-7-14(10(6-18-7)12(16)17)11(15)8-4-2-3-5-9(8)13/h7-10H,2-6,13H2,1H3,(H,16,17). The molecule has 1 heterocycles. The number of amides is 1. The maximum Gasteiger partial charge on any atom is 0.327 e. The molecule has 0 aromatic rings. The van der Waals surface area contributed by atoms with Crippen LogP contribution in [-0.4, -0.2) is 45.1 Å². The molecule has 1 saturated carbocycles. The van der Waals surface area contributed by atoms with Gasteiger partial charge in [0, 0.05) is 11.8 Å². The zero-order valence-corrected chi connectivity index (χ0v) is 11.4. The van der Waals surface area contributed by atoms with E-state index >= 15 is 0 Å². The number of rotatable bonds is 2. The second-order valence-corrected chi connectivity index (χ2v) is 6.44. The van der Waals surface area contributed by atoms with Gasteiger partial charge in [0.15, 0.2) is 0 Å². The summed E-state index contributed by atoms with van der Waals surface area (Å²) in [4.78, 5) is 25.2. The van der Waals surface area contributed by atoms with Gasteiger partial charge in [-0.2, -0.15) is 0 Å². The Hall–Kier alpha value is -0.750. The summed E-state index contributed by atoms with van der Waals surface area (Å²) in [5.74, 6) is -0.692. The normalized spacial score (nSPS) is 36.7. The zero-order chi connectivity index (χ0) is 13.3. The molecule has 0 bridgehead atoms. The maximum atomic E-state index is 12.5. The van der Waals surface area contributed by atoms with E-state index < -0.39 is 12.0 Å². The van der Waals surface area contributed by atoms with E-state index in [1.54, 1.807) is 0 Å². The van der Waals surface area contributed by atoms with Gasteiger partial charge in [-0.3, -0.25) is 4.79 Å². The summed E-state index contributed by atoms with van der Waals surface area (Å²) >= 11 is 1.52. The fourth-order valence-corrected chi connectivity index (χ4v) is 4.00. The monoisotopic (exact) mass is 272 g/mol. The second-order valence-electron chi connectivity index (χ2n) is 5.09. The molecule has 4 unspecified atom stereocenters. The van der Waals surface area contributed by atoms with Crippen LogP contribution in [0.25, 0.3) is 0 Å². The number of nitrogens with zero attached hydrogens (tertiary/aromatic N) is 1. The van der Waals surface area contributed by atoms with Crippen LogP contribution in [0.5, 0.6) is 0 Å². The molecular weight excluding hydrogens is 252 g/mol. The van der Waals surface area contributed by atoms with Crippen LogP contribution in [0.3, 0.4) is 0 Å². The van der Waals surface area contributed by atoms with E-state index in [1.165, 1.54) is 16.7 Å². The Morgan fingerprint density at radius 2 is 2.00 bits per heavy atom. The summed E-state index contributed by atoms with van der Waals surface area (Å²) in [5, 5.41) is 9.11. The van der Waals surface area contributed by atoms with Gasteiger partial charge in [-0.15, -0.1) is 11.8 Å². The largest absolute Gasteiger partial charge is 0.480 e.